The van der Waals surface area contributed by atoms with Crippen molar-refractivity contribution in [3.63, 3.8) is 0 Å². The minimum absolute atomic E-state index is 0.00682. The summed E-state index contributed by atoms with van der Waals surface area (Å²) in [6.07, 6.45) is 2.92. The van der Waals surface area contributed by atoms with E-state index in [1.165, 1.54) is 25.2 Å². The molecule has 2 heterocycles. The number of rotatable bonds is 6. The van der Waals surface area contributed by atoms with Gasteiger partial charge in [0.25, 0.3) is 11.8 Å². The van der Waals surface area contributed by atoms with E-state index in [-0.39, 0.29) is 17.6 Å². The number of hydrogen-bond acceptors (Lipinski definition) is 6. The van der Waals surface area contributed by atoms with Gasteiger partial charge >= 0.3 is 0 Å². The van der Waals surface area contributed by atoms with Crippen LogP contribution in [0.15, 0.2) is 30.0 Å². The SMILES string of the molecule is COc1cc(OC)cc(OC2=CC(=O)N(CC3CCOCC3)C2=O)c1. The smallest absolute Gasteiger partial charge is 0.296 e. The fourth-order valence-electron chi connectivity index (χ4n) is 2.89. The molecule has 0 N–H and O–H groups in total. The second kappa shape index (κ2) is 7.57. The van der Waals surface area contributed by atoms with E-state index in [0.29, 0.717) is 37.0 Å². The Hall–Kier alpha value is -2.54. The van der Waals surface area contributed by atoms with Gasteiger partial charge in [-0.05, 0) is 18.8 Å². The topological polar surface area (TPSA) is 74.3 Å². The molecule has 7 nitrogen and oxygen atoms in total. The predicted molar refractivity (Wildman–Crippen MR) is 88.5 cm³/mol. The molecular weight excluding hydrogens is 326 g/mol. The van der Waals surface area contributed by atoms with Crippen LogP contribution >= 0.6 is 0 Å². The van der Waals surface area contributed by atoms with Gasteiger partial charge in [-0.2, -0.15) is 0 Å². The minimum atomic E-state index is -0.418. The maximum atomic E-state index is 12.5. The van der Waals surface area contributed by atoms with Crippen LogP contribution in [0.3, 0.4) is 0 Å². The zero-order valence-corrected chi connectivity index (χ0v) is 14.3. The van der Waals surface area contributed by atoms with Gasteiger partial charge < -0.3 is 18.9 Å². The molecular formula is C18H21NO6. The molecule has 1 aromatic rings. The standard InChI is InChI=1S/C18H21NO6/c1-22-13-7-14(23-2)9-15(8-13)25-16-10-17(20)19(18(16)21)11-12-3-5-24-6-4-12/h7-10,12H,3-6,11H2,1-2H3. The summed E-state index contributed by atoms with van der Waals surface area (Å²) in [4.78, 5) is 25.9. The average Bonchev–Trinajstić information content (AvgIpc) is 2.89. The van der Waals surface area contributed by atoms with Crippen molar-refractivity contribution in [2.24, 2.45) is 5.92 Å². The summed E-state index contributed by atoms with van der Waals surface area (Å²) >= 11 is 0. The van der Waals surface area contributed by atoms with E-state index in [2.05, 4.69) is 0 Å². The number of ether oxygens (including phenoxy) is 4. The van der Waals surface area contributed by atoms with E-state index >= 15 is 0 Å². The van der Waals surface area contributed by atoms with Gasteiger partial charge in [-0.25, -0.2) is 0 Å². The summed E-state index contributed by atoms with van der Waals surface area (Å²) in [6.45, 7) is 1.73. The lowest BCUT2D eigenvalue weighted by Crippen LogP contribution is -2.37. The van der Waals surface area contributed by atoms with Crippen LogP contribution in [0.4, 0.5) is 0 Å². The molecule has 0 bridgehead atoms. The van der Waals surface area contributed by atoms with Crippen molar-refractivity contribution in [2.45, 2.75) is 12.8 Å². The first-order valence-corrected chi connectivity index (χ1v) is 8.17. The Morgan fingerprint density at radius 3 is 2.24 bits per heavy atom. The lowest BCUT2D eigenvalue weighted by molar-refractivity contribution is -0.139. The molecule has 0 aromatic heterocycles. The summed E-state index contributed by atoms with van der Waals surface area (Å²) < 4.78 is 21.3. The van der Waals surface area contributed by atoms with E-state index in [1.807, 2.05) is 0 Å². The molecule has 2 aliphatic rings. The van der Waals surface area contributed by atoms with E-state index < -0.39 is 5.91 Å². The Morgan fingerprint density at radius 1 is 1.04 bits per heavy atom. The third kappa shape index (κ3) is 3.93. The highest BCUT2D eigenvalue weighted by molar-refractivity contribution is 6.15. The molecule has 1 saturated heterocycles. The van der Waals surface area contributed by atoms with E-state index in [4.69, 9.17) is 18.9 Å². The molecule has 0 spiro atoms. The molecule has 0 radical (unpaired) electrons. The molecule has 25 heavy (non-hydrogen) atoms. The van der Waals surface area contributed by atoms with Crippen molar-refractivity contribution >= 4 is 11.8 Å². The van der Waals surface area contributed by atoms with Gasteiger partial charge in [0.05, 0.1) is 20.3 Å². The lowest BCUT2D eigenvalue weighted by atomic mass is 10.00. The van der Waals surface area contributed by atoms with Crippen molar-refractivity contribution in [3.8, 4) is 17.2 Å². The van der Waals surface area contributed by atoms with Gasteiger partial charge in [0.15, 0.2) is 5.76 Å². The van der Waals surface area contributed by atoms with Crippen molar-refractivity contribution in [3.05, 3.63) is 30.0 Å². The number of nitrogens with zero attached hydrogens (tertiary/aromatic N) is 1. The van der Waals surface area contributed by atoms with Crippen molar-refractivity contribution in [1.29, 1.82) is 0 Å². The predicted octanol–water partition coefficient (Wildman–Crippen LogP) is 1.76. The number of amides is 2. The summed E-state index contributed by atoms with van der Waals surface area (Å²) in [5.74, 6) is 0.950. The second-order valence-corrected chi connectivity index (χ2v) is 5.97. The van der Waals surface area contributed by atoms with Crippen molar-refractivity contribution in [1.82, 2.24) is 4.90 Å². The van der Waals surface area contributed by atoms with Gasteiger partial charge in [-0.1, -0.05) is 0 Å². The maximum Gasteiger partial charge on any atom is 0.296 e. The van der Waals surface area contributed by atoms with Gasteiger partial charge in [0.1, 0.15) is 17.2 Å². The van der Waals surface area contributed by atoms with Crippen LogP contribution in [0.5, 0.6) is 17.2 Å². The Morgan fingerprint density at radius 2 is 1.64 bits per heavy atom. The van der Waals surface area contributed by atoms with Gasteiger partial charge in [0, 0.05) is 38.0 Å². The van der Waals surface area contributed by atoms with Crippen molar-refractivity contribution < 1.29 is 28.5 Å². The highest BCUT2D eigenvalue weighted by Crippen LogP contribution is 2.30. The average molecular weight is 347 g/mol. The van der Waals surface area contributed by atoms with E-state index in [1.54, 1.807) is 18.2 Å². The monoisotopic (exact) mass is 347 g/mol. The third-order valence-electron chi connectivity index (χ3n) is 4.31. The zero-order chi connectivity index (χ0) is 17.8. The first-order chi connectivity index (χ1) is 12.1. The first-order valence-electron chi connectivity index (χ1n) is 8.17. The van der Waals surface area contributed by atoms with Crippen LogP contribution in [0, 0.1) is 5.92 Å². The molecule has 2 amide bonds. The summed E-state index contributed by atoms with van der Waals surface area (Å²) in [5.41, 5.74) is 0. The van der Waals surface area contributed by atoms with Crippen LogP contribution in [-0.2, 0) is 14.3 Å². The molecule has 0 saturated carbocycles. The molecule has 0 unspecified atom stereocenters. The molecule has 0 atom stereocenters. The molecule has 7 heteroatoms. The number of hydrogen-bond donors (Lipinski definition) is 0. The Balaban J connectivity index is 1.70. The molecule has 134 valence electrons. The van der Waals surface area contributed by atoms with Crippen molar-refractivity contribution in [2.75, 3.05) is 34.0 Å². The number of benzene rings is 1. The third-order valence-corrected chi connectivity index (χ3v) is 4.31. The first kappa shape index (κ1) is 17.3. The van der Waals surface area contributed by atoms with E-state index in [9.17, 15) is 9.59 Å². The molecule has 1 aromatic carbocycles. The minimum Gasteiger partial charge on any atom is -0.496 e. The zero-order valence-electron chi connectivity index (χ0n) is 14.3. The highest BCUT2D eigenvalue weighted by atomic mass is 16.5. The number of methoxy groups -OCH3 is 2. The van der Waals surface area contributed by atoms with Crippen LogP contribution in [0.2, 0.25) is 0 Å². The lowest BCUT2D eigenvalue weighted by Gasteiger charge is -2.25. The van der Waals surface area contributed by atoms with Crippen LogP contribution in [0.25, 0.3) is 0 Å². The quantitative estimate of drug-likeness (QED) is 0.730. The Kier molecular flexibility index (Phi) is 5.23. The number of carbonyl (C=O) groups excluding carboxylic acids is 2. The highest BCUT2D eigenvalue weighted by Gasteiger charge is 2.34. The molecule has 0 aliphatic carbocycles. The Bertz CT molecular complexity index is 671. The fourth-order valence-corrected chi connectivity index (χ4v) is 2.89. The molecule has 3 rings (SSSR count). The van der Waals surface area contributed by atoms with Gasteiger partial charge in [0.2, 0.25) is 0 Å². The van der Waals surface area contributed by atoms with Gasteiger partial charge in [-0.3, -0.25) is 14.5 Å². The summed E-state index contributed by atoms with van der Waals surface area (Å²) in [5, 5.41) is 0. The van der Waals surface area contributed by atoms with Crippen LogP contribution in [-0.4, -0.2) is 50.7 Å². The maximum absolute atomic E-state index is 12.5. The Labute approximate surface area is 146 Å². The molecule has 1 fully saturated rings. The van der Waals surface area contributed by atoms with Gasteiger partial charge in [-0.15, -0.1) is 0 Å². The molecule has 2 aliphatic heterocycles. The normalized spacial score (nSPS) is 18.3. The second-order valence-electron chi connectivity index (χ2n) is 5.97. The van der Waals surface area contributed by atoms with E-state index in [0.717, 1.165) is 12.8 Å². The number of carbonyl (C=O) groups is 2. The summed E-state index contributed by atoms with van der Waals surface area (Å²) in [6, 6.07) is 4.95. The fraction of sp³-hybridized carbons (Fsp3) is 0.444. The van der Waals surface area contributed by atoms with Crippen LogP contribution < -0.4 is 14.2 Å². The number of imide groups is 1. The van der Waals surface area contributed by atoms with Crippen LogP contribution in [0.1, 0.15) is 12.8 Å². The summed E-state index contributed by atoms with van der Waals surface area (Å²) in [7, 11) is 3.05. The largest absolute Gasteiger partial charge is 0.496 e.